The van der Waals surface area contributed by atoms with Crippen molar-refractivity contribution < 1.29 is 23.8 Å². The first-order valence-electron chi connectivity index (χ1n) is 11.1. The lowest BCUT2D eigenvalue weighted by Gasteiger charge is -2.37. The number of alkyl carbamates (subject to hydrolysis) is 1. The Hall–Kier alpha value is -3.13. The third-order valence-electron chi connectivity index (χ3n) is 5.42. The number of nitrogens with zero attached hydrogens (tertiary/aromatic N) is 2. The summed E-state index contributed by atoms with van der Waals surface area (Å²) in [7, 11) is 0. The summed E-state index contributed by atoms with van der Waals surface area (Å²) in [4.78, 5) is 28.4. The summed E-state index contributed by atoms with van der Waals surface area (Å²) in [5.74, 6) is -1.65. The zero-order valence-corrected chi connectivity index (χ0v) is 19.4. The van der Waals surface area contributed by atoms with Crippen molar-refractivity contribution in [3.8, 4) is 0 Å². The number of carbonyl (C=O) groups is 2. The second-order valence-corrected chi connectivity index (χ2v) is 9.26. The highest BCUT2D eigenvalue weighted by Crippen LogP contribution is 2.25. The molecule has 33 heavy (non-hydrogen) atoms. The number of ether oxygens (including phenoxy) is 1. The fraction of sp³-hybridized carbons (Fsp3) is 0.440. The summed E-state index contributed by atoms with van der Waals surface area (Å²) >= 11 is 0. The van der Waals surface area contributed by atoms with Gasteiger partial charge in [-0.15, -0.1) is 0 Å². The van der Waals surface area contributed by atoms with Crippen molar-refractivity contribution in [1.29, 1.82) is 0 Å². The van der Waals surface area contributed by atoms with Gasteiger partial charge in [-0.2, -0.15) is 0 Å². The number of anilines is 1. The highest BCUT2D eigenvalue weighted by molar-refractivity contribution is 5.80. The van der Waals surface area contributed by atoms with Gasteiger partial charge in [0.25, 0.3) is 0 Å². The van der Waals surface area contributed by atoms with Crippen molar-refractivity contribution in [2.75, 3.05) is 31.1 Å². The van der Waals surface area contributed by atoms with Crippen LogP contribution < -0.4 is 10.2 Å². The van der Waals surface area contributed by atoms with Gasteiger partial charge in [-0.25, -0.2) is 14.0 Å². The topological polar surface area (TPSA) is 82.1 Å². The Balaban J connectivity index is 1.68. The minimum atomic E-state index is -1.24. The van der Waals surface area contributed by atoms with Gasteiger partial charge < -0.3 is 20.1 Å². The van der Waals surface area contributed by atoms with Crippen LogP contribution in [0.25, 0.3) is 0 Å². The van der Waals surface area contributed by atoms with Gasteiger partial charge in [-0.3, -0.25) is 4.90 Å². The average molecular weight is 458 g/mol. The number of hydrogen-bond donors (Lipinski definition) is 2. The second-order valence-electron chi connectivity index (χ2n) is 9.26. The van der Waals surface area contributed by atoms with Crippen molar-refractivity contribution in [1.82, 2.24) is 10.2 Å². The molecule has 8 heteroatoms. The summed E-state index contributed by atoms with van der Waals surface area (Å²) in [6, 6.07) is 13.4. The average Bonchev–Trinajstić information content (AvgIpc) is 2.73. The van der Waals surface area contributed by atoms with E-state index in [1.54, 1.807) is 26.8 Å². The number of carboxylic acids is 1. The number of carbonyl (C=O) groups excluding carboxylic acids is 1. The van der Waals surface area contributed by atoms with E-state index < -0.39 is 29.5 Å². The van der Waals surface area contributed by atoms with E-state index in [4.69, 9.17) is 4.74 Å². The number of amides is 1. The first-order valence-corrected chi connectivity index (χ1v) is 11.1. The number of rotatable bonds is 7. The Labute approximate surface area is 194 Å². The van der Waals surface area contributed by atoms with E-state index in [1.165, 1.54) is 17.7 Å². The summed E-state index contributed by atoms with van der Waals surface area (Å²) in [5, 5.41) is 12.0. The standard InChI is InChI=1S/C25H32FN3O4/c1-25(2,3)33-24(32)27-21(23(30)31)16-19-15-20(26)9-10-22(19)29-13-11-28(12-14-29)17-18-7-5-4-6-8-18/h4-10,15,21H,11-14,16-17H2,1-3H3,(H,27,32)(H,30,31). The van der Waals surface area contributed by atoms with E-state index in [0.29, 0.717) is 5.56 Å². The predicted octanol–water partition coefficient (Wildman–Crippen LogP) is 3.67. The van der Waals surface area contributed by atoms with Crippen LogP contribution in [0.3, 0.4) is 0 Å². The lowest BCUT2D eigenvalue weighted by molar-refractivity contribution is -0.139. The molecule has 178 valence electrons. The molecule has 0 radical (unpaired) electrons. The zero-order chi connectivity index (χ0) is 24.0. The van der Waals surface area contributed by atoms with Crippen LogP contribution in [0, 0.1) is 5.82 Å². The molecule has 0 aromatic heterocycles. The van der Waals surface area contributed by atoms with Crippen LogP contribution in [0.4, 0.5) is 14.9 Å². The van der Waals surface area contributed by atoms with Crippen LogP contribution >= 0.6 is 0 Å². The molecule has 0 bridgehead atoms. The molecule has 1 aliphatic rings. The van der Waals surface area contributed by atoms with Gasteiger partial charge in [0.2, 0.25) is 0 Å². The quantitative estimate of drug-likeness (QED) is 0.660. The third kappa shape index (κ3) is 7.46. The highest BCUT2D eigenvalue weighted by atomic mass is 19.1. The van der Waals surface area contributed by atoms with Crippen LogP contribution in [0.1, 0.15) is 31.9 Å². The number of benzene rings is 2. The molecule has 7 nitrogen and oxygen atoms in total. The molecule has 2 aromatic carbocycles. The summed E-state index contributed by atoms with van der Waals surface area (Å²) in [6.45, 7) is 9.12. The summed E-state index contributed by atoms with van der Waals surface area (Å²) in [5.41, 5.74) is 1.82. The third-order valence-corrected chi connectivity index (χ3v) is 5.42. The van der Waals surface area contributed by atoms with Crippen molar-refractivity contribution in [2.45, 2.75) is 45.4 Å². The maximum Gasteiger partial charge on any atom is 0.408 e. The molecule has 2 aromatic rings. The van der Waals surface area contributed by atoms with Crippen molar-refractivity contribution in [3.63, 3.8) is 0 Å². The van der Waals surface area contributed by atoms with Crippen LogP contribution in [0.15, 0.2) is 48.5 Å². The van der Waals surface area contributed by atoms with Crippen molar-refractivity contribution in [2.24, 2.45) is 0 Å². The van der Waals surface area contributed by atoms with Gasteiger partial charge in [0.05, 0.1) is 0 Å². The smallest absolute Gasteiger partial charge is 0.408 e. The SMILES string of the molecule is CC(C)(C)OC(=O)NC(Cc1cc(F)ccc1N1CCN(Cc2ccccc2)CC1)C(=O)O. The Bertz CT molecular complexity index is 954. The minimum absolute atomic E-state index is 0.0497. The lowest BCUT2D eigenvalue weighted by Crippen LogP contribution is -2.47. The van der Waals surface area contributed by atoms with Gasteiger partial charge in [0, 0.05) is 44.8 Å². The zero-order valence-electron chi connectivity index (χ0n) is 19.4. The molecule has 3 rings (SSSR count). The van der Waals surface area contributed by atoms with E-state index in [-0.39, 0.29) is 6.42 Å². The van der Waals surface area contributed by atoms with Gasteiger partial charge in [-0.1, -0.05) is 30.3 Å². The number of piperazine rings is 1. The molecule has 1 aliphatic heterocycles. The molecule has 1 unspecified atom stereocenters. The molecule has 1 amide bonds. The number of hydrogen-bond acceptors (Lipinski definition) is 5. The molecule has 2 N–H and O–H groups in total. The summed E-state index contributed by atoms with van der Waals surface area (Å²) < 4.78 is 19.3. The Morgan fingerprint density at radius 1 is 1.09 bits per heavy atom. The minimum Gasteiger partial charge on any atom is -0.480 e. The van der Waals surface area contributed by atoms with E-state index in [9.17, 15) is 19.1 Å². The van der Waals surface area contributed by atoms with Crippen LogP contribution in [-0.4, -0.2) is 59.9 Å². The fourth-order valence-corrected chi connectivity index (χ4v) is 3.88. The number of aliphatic carboxylic acids is 1. The molecular weight excluding hydrogens is 425 g/mol. The normalized spacial score (nSPS) is 15.7. The molecule has 0 aliphatic carbocycles. The Morgan fingerprint density at radius 2 is 1.76 bits per heavy atom. The van der Waals surface area contributed by atoms with Crippen molar-refractivity contribution >= 4 is 17.7 Å². The fourth-order valence-electron chi connectivity index (χ4n) is 3.88. The second kappa shape index (κ2) is 10.7. The maximum atomic E-state index is 14.1. The summed E-state index contributed by atoms with van der Waals surface area (Å²) in [6.07, 6.45) is -0.867. The molecule has 1 atom stereocenters. The molecule has 1 heterocycles. The van der Waals surface area contributed by atoms with Crippen LogP contribution in [0.5, 0.6) is 0 Å². The first-order chi connectivity index (χ1) is 15.6. The van der Waals surface area contributed by atoms with E-state index >= 15 is 0 Å². The van der Waals surface area contributed by atoms with E-state index in [1.807, 2.05) is 18.2 Å². The molecule has 1 saturated heterocycles. The largest absolute Gasteiger partial charge is 0.480 e. The highest BCUT2D eigenvalue weighted by Gasteiger charge is 2.27. The Kier molecular flexibility index (Phi) is 7.92. The maximum absolute atomic E-state index is 14.1. The molecule has 0 spiro atoms. The molecule has 0 saturated carbocycles. The van der Waals surface area contributed by atoms with Crippen LogP contribution in [-0.2, 0) is 22.5 Å². The number of nitrogens with one attached hydrogen (secondary N) is 1. The predicted molar refractivity (Wildman–Crippen MR) is 125 cm³/mol. The van der Waals surface area contributed by atoms with E-state index in [0.717, 1.165) is 38.4 Å². The molecule has 1 fully saturated rings. The number of carboxylic acid groups (broad SMARTS) is 1. The monoisotopic (exact) mass is 457 g/mol. The first kappa shape index (κ1) is 24.5. The van der Waals surface area contributed by atoms with Gasteiger partial charge in [0.1, 0.15) is 17.5 Å². The van der Waals surface area contributed by atoms with E-state index in [2.05, 4.69) is 27.2 Å². The van der Waals surface area contributed by atoms with Crippen molar-refractivity contribution in [3.05, 3.63) is 65.5 Å². The van der Waals surface area contributed by atoms with Crippen LogP contribution in [0.2, 0.25) is 0 Å². The van der Waals surface area contributed by atoms with Gasteiger partial charge in [-0.05, 0) is 50.1 Å². The lowest BCUT2D eigenvalue weighted by atomic mass is 10.0. The molecular formula is C25H32FN3O4. The van der Waals surface area contributed by atoms with Gasteiger partial charge >= 0.3 is 12.1 Å². The van der Waals surface area contributed by atoms with Gasteiger partial charge in [0.15, 0.2) is 0 Å². The Morgan fingerprint density at radius 3 is 2.36 bits per heavy atom. The number of halogens is 1.